The van der Waals surface area contributed by atoms with Crippen molar-refractivity contribution < 1.29 is 9.53 Å². The maximum atomic E-state index is 12.5. The van der Waals surface area contributed by atoms with E-state index in [0.29, 0.717) is 23.8 Å². The number of hydrogen-bond acceptors (Lipinski definition) is 5. The van der Waals surface area contributed by atoms with Gasteiger partial charge in [0.15, 0.2) is 0 Å². The normalized spacial score (nSPS) is 10.4. The molecule has 134 valence electrons. The van der Waals surface area contributed by atoms with E-state index in [1.807, 2.05) is 43.1 Å². The van der Waals surface area contributed by atoms with E-state index in [4.69, 9.17) is 4.74 Å². The van der Waals surface area contributed by atoms with Crippen LogP contribution in [0.2, 0.25) is 0 Å². The van der Waals surface area contributed by atoms with Gasteiger partial charge in [0, 0.05) is 25.3 Å². The zero-order valence-corrected chi connectivity index (χ0v) is 15.4. The summed E-state index contributed by atoms with van der Waals surface area (Å²) in [5, 5.41) is 2.86. The van der Waals surface area contributed by atoms with Crippen LogP contribution >= 0.6 is 0 Å². The van der Waals surface area contributed by atoms with Crippen LogP contribution in [-0.4, -0.2) is 36.1 Å². The van der Waals surface area contributed by atoms with Crippen molar-refractivity contribution in [3.63, 3.8) is 0 Å². The molecule has 25 heavy (non-hydrogen) atoms. The lowest BCUT2D eigenvalue weighted by Crippen LogP contribution is -2.22. The monoisotopic (exact) mass is 342 g/mol. The highest BCUT2D eigenvalue weighted by Crippen LogP contribution is 2.17. The average Bonchev–Trinajstić information content (AvgIpc) is 2.61. The first-order valence-corrected chi connectivity index (χ1v) is 8.64. The number of aromatic nitrogens is 2. The minimum absolute atomic E-state index is 0.250. The predicted octanol–water partition coefficient (Wildman–Crippen LogP) is 3.67. The molecule has 0 spiro atoms. The van der Waals surface area contributed by atoms with Crippen LogP contribution in [0.3, 0.4) is 0 Å². The SMILES string of the molecule is CCCCN(C)c1cc(C(=O)Nc2ccc(OCC)cc2)nc(C)n1. The molecule has 0 fully saturated rings. The third-order valence-electron chi connectivity index (χ3n) is 3.72. The lowest BCUT2D eigenvalue weighted by molar-refractivity contribution is 0.102. The number of hydrogen-bond donors (Lipinski definition) is 1. The maximum Gasteiger partial charge on any atom is 0.274 e. The van der Waals surface area contributed by atoms with Crippen LogP contribution < -0.4 is 15.0 Å². The molecular weight excluding hydrogens is 316 g/mol. The number of benzene rings is 1. The summed E-state index contributed by atoms with van der Waals surface area (Å²) in [7, 11) is 1.98. The number of carbonyl (C=O) groups is 1. The van der Waals surface area contributed by atoms with E-state index in [2.05, 4.69) is 22.2 Å². The van der Waals surface area contributed by atoms with Crippen molar-refractivity contribution in [2.24, 2.45) is 0 Å². The quantitative estimate of drug-likeness (QED) is 0.793. The molecule has 6 nitrogen and oxygen atoms in total. The fourth-order valence-electron chi connectivity index (χ4n) is 2.37. The van der Waals surface area contributed by atoms with Gasteiger partial charge in [-0.15, -0.1) is 0 Å². The molecule has 0 unspecified atom stereocenters. The third-order valence-corrected chi connectivity index (χ3v) is 3.72. The molecule has 1 aromatic carbocycles. The molecule has 0 saturated heterocycles. The van der Waals surface area contributed by atoms with Crippen molar-refractivity contribution in [3.05, 3.63) is 41.9 Å². The average molecular weight is 342 g/mol. The van der Waals surface area contributed by atoms with E-state index in [-0.39, 0.29) is 5.91 Å². The Labute approximate surface area is 149 Å². The minimum Gasteiger partial charge on any atom is -0.494 e. The molecule has 1 heterocycles. The fraction of sp³-hybridized carbons (Fsp3) is 0.421. The molecule has 0 aliphatic rings. The number of aryl methyl sites for hydroxylation is 1. The summed E-state index contributed by atoms with van der Waals surface area (Å²) < 4.78 is 5.40. The molecule has 6 heteroatoms. The van der Waals surface area contributed by atoms with Crippen LogP contribution in [-0.2, 0) is 0 Å². The Bertz CT molecular complexity index is 701. The number of ether oxygens (including phenoxy) is 1. The van der Waals surface area contributed by atoms with Crippen molar-refractivity contribution in [1.82, 2.24) is 9.97 Å². The van der Waals surface area contributed by atoms with Gasteiger partial charge in [-0.1, -0.05) is 13.3 Å². The van der Waals surface area contributed by atoms with Gasteiger partial charge in [-0.2, -0.15) is 0 Å². The summed E-state index contributed by atoms with van der Waals surface area (Å²) in [5.41, 5.74) is 1.06. The highest BCUT2D eigenvalue weighted by atomic mass is 16.5. The lowest BCUT2D eigenvalue weighted by atomic mass is 10.2. The van der Waals surface area contributed by atoms with Crippen molar-refractivity contribution in [2.45, 2.75) is 33.6 Å². The van der Waals surface area contributed by atoms with Gasteiger partial charge < -0.3 is 15.0 Å². The Morgan fingerprint density at radius 3 is 2.56 bits per heavy atom. The van der Waals surface area contributed by atoms with Gasteiger partial charge in [0.2, 0.25) is 0 Å². The first-order chi connectivity index (χ1) is 12.0. The van der Waals surface area contributed by atoms with Gasteiger partial charge in [0.25, 0.3) is 5.91 Å². The van der Waals surface area contributed by atoms with Crippen LogP contribution in [0.4, 0.5) is 11.5 Å². The van der Waals surface area contributed by atoms with Gasteiger partial charge in [0.1, 0.15) is 23.1 Å². The molecule has 1 amide bonds. The summed E-state index contributed by atoms with van der Waals surface area (Å²) in [6.07, 6.45) is 2.19. The van der Waals surface area contributed by atoms with E-state index < -0.39 is 0 Å². The number of amides is 1. The van der Waals surface area contributed by atoms with Gasteiger partial charge in [-0.25, -0.2) is 9.97 Å². The first kappa shape index (κ1) is 18.7. The number of nitrogens with one attached hydrogen (secondary N) is 1. The Kier molecular flexibility index (Phi) is 6.74. The van der Waals surface area contributed by atoms with Crippen LogP contribution in [0, 0.1) is 6.92 Å². The summed E-state index contributed by atoms with van der Waals surface area (Å²) in [5.74, 6) is 1.87. The number of nitrogens with zero attached hydrogens (tertiary/aromatic N) is 3. The van der Waals surface area contributed by atoms with Crippen molar-refractivity contribution in [2.75, 3.05) is 30.4 Å². The van der Waals surface area contributed by atoms with Crippen LogP contribution in [0.1, 0.15) is 43.0 Å². The van der Waals surface area contributed by atoms with E-state index in [1.54, 1.807) is 13.0 Å². The molecule has 0 bridgehead atoms. The maximum absolute atomic E-state index is 12.5. The van der Waals surface area contributed by atoms with Gasteiger partial charge in [-0.05, 0) is 44.5 Å². The predicted molar refractivity (Wildman–Crippen MR) is 101 cm³/mol. The standard InChI is InChI=1S/C19H26N4O2/c1-5-7-12-23(4)18-13-17(20-14(3)21-18)19(24)22-15-8-10-16(11-9-15)25-6-2/h8-11,13H,5-7,12H2,1-4H3,(H,22,24). The van der Waals surface area contributed by atoms with Crippen LogP contribution in [0.25, 0.3) is 0 Å². The summed E-state index contributed by atoms with van der Waals surface area (Å²) >= 11 is 0. The van der Waals surface area contributed by atoms with Crippen molar-refractivity contribution in [1.29, 1.82) is 0 Å². The number of unbranched alkanes of at least 4 members (excludes halogenated alkanes) is 1. The minimum atomic E-state index is -0.250. The second-order valence-corrected chi connectivity index (χ2v) is 5.85. The molecule has 2 aromatic rings. The summed E-state index contributed by atoms with van der Waals surface area (Å²) in [4.78, 5) is 23.3. The molecule has 1 N–H and O–H groups in total. The van der Waals surface area contributed by atoms with Crippen LogP contribution in [0.5, 0.6) is 5.75 Å². The largest absolute Gasteiger partial charge is 0.494 e. The second kappa shape index (κ2) is 9.01. The lowest BCUT2D eigenvalue weighted by Gasteiger charge is -2.18. The number of carbonyl (C=O) groups excluding carboxylic acids is 1. The van der Waals surface area contributed by atoms with E-state index in [1.165, 1.54) is 0 Å². The number of rotatable bonds is 8. The Morgan fingerprint density at radius 2 is 1.92 bits per heavy atom. The van der Waals surface area contributed by atoms with Gasteiger partial charge >= 0.3 is 0 Å². The van der Waals surface area contributed by atoms with E-state index >= 15 is 0 Å². The van der Waals surface area contributed by atoms with Crippen LogP contribution in [0.15, 0.2) is 30.3 Å². The van der Waals surface area contributed by atoms with Gasteiger partial charge in [0.05, 0.1) is 6.61 Å². The molecule has 0 saturated carbocycles. The zero-order valence-electron chi connectivity index (χ0n) is 15.4. The Morgan fingerprint density at radius 1 is 1.20 bits per heavy atom. The topological polar surface area (TPSA) is 67.4 Å². The Hall–Kier alpha value is -2.63. The highest BCUT2D eigenvalue weighted by molar-refractivity contribution is 6.03. The van der Waals surface area contributed by atoms with E-state index in [0.717, 1.165) is 31.0 Å². The molecule has 1 aromatic heterocycles. The summed E-state index contributed by atoms with van der Waals surface area (Å²) in [6.45, 7) is 7.38. The zero-order chi connectivity index (χ0) is 18.2. The van der Waals surface area contributed by atoms with E-state index in [9.17, 15) is 4.79 Å². The third kappa shape index (κ3) is 5.45. The molecule has 2 rings (SSSR count). The summed E-state index contributed by atoms with van der Waals surface area (Å²) in [6, 6.07) is 9.01. The molecule has 0 atom stereocenters. The molecule has 0 aliphatic heterocycles. The van der Waals surface area contributed by atoms with Gasteiger partial charge in [-0.3, -0.25) is 4.79 Å². The van der Waals surface area contributed by atoms with Crippen molar-refractivity contribution >= 4 is 17.4 Å². The second-order valence-electron chi connectivity index (χ2n) is 5.85. The molecule has 0 radical (unpaired) electrons. The molecular formula is C19H26N4O2. The smallest absolute Gasteiger partial charge is 0.274 e. The fourth-order valence-corrected chi connectivity index (χ4v) is 2.37. The first-order valence-electron chi connectivity index (χ1n) is 8.64. The van der Waals surface area contributed by atoms with Crippen molar-refractivity contribution in [3.8, 4) is 5.75 Å². The number of anilines is 2. The molecule has 0 aliphatic carbocycles. The highest BCUT2D eigenvalue weighted by Gasteiger charge is 2.13. The Balaban J connectivity index is 2.11.